The molecule has 0 aliphatic rings. The third-order valence-electron chi connectivity index (χ3n) is 5.27. The summed E-state index contributed by atoms with van der Waals surface area (Å²) in [5.41, 5.74) is 0.920. The number of carboxylic acid groups (broad SMARTS) is 1. The largest absolute Gasteiger partial charge is 0.480 e. The molecule has 0 amide bonds. The predicted molar refractivity (Wildman–Crippen MR) is 119 cm³/mol. The quantitative estimate of drug-likeness (QED) is 0.460. The maximum Gasteiger partial charge on any atom is 0.416 e. The topological polar surface area (TPSA) is 97.3 Å². The van der Waals surface area contributed by atoms with E-state index >= 15 is 0 Å². The van der Waals surface area contributed by atoms with Gasteiger partial charge in [-0.3, -0.25) is 14.4 Å². The molecule has 0 spiro atoms. The molecule has 0 saturated heterocycles. The number of carbonyl (C=O) groups is 1. The Balaban J connectivity index is 1.87. The van der Waals surface area contributed by atoms with Crippen molar-refractivity contribution in [3.8, 4) is 23.0 Å². The van der Waals surface area contributed by atoms with Gasteiger partial charge in [0.25, 0.3) is 5.89 Å². The number of hydrogen-bond acceptors (Lipinski definition) is 6. The lowest BCUT2D eigenvalue weighted by molar-refractivity contribution is -0.139. The number of carboxylic acids is 1. The smallest absolute Gasteiger partial charge is 0.416 e. The highest BCUT2D eigenvalue weighted by Gasteiger charge is 2.34. The summed E-state index contributed by atoms with van der Waals surface area (Å²) in [6, 6.07) is 5.73. The van der Waals surface area contributed by atoms with Crippen LogP contribution in [0.2, 0.25) is 0 Å². The van der Waals surface area contributed by atoms with Crippen LogP contribution in [0.5, 0.6) is 0 Å². The number of aromatic nitrogens is 4. The molecule has 0 aliphatic heterocycles. The highest BCUT2D eigenvalue weighted by atomic mass is 19.4. The van der Waals surface area contributed by atoms with Gasteiger partial charge in [-0.25, -0.2) is 0 Å². The molecule has 8 nitrogen and oxygen atoms in total. The Labute approximate surface area is 195 Å². The van der Waals surface area contributed by atoms with Gasteiger partial charge in [-0.15, -0.1) is 0 Å². The summed E-state index contributed by atoms with van der Waals surface area (Å²) < 4.78 is 48.4. The van der Waals surface area contributed by atoms with Crippen molar-refractivity contribution in [2.75, 3.05) is 20.1 Å². The fraction of sp³-hybridized carbons (Fsp3) is 0.478. The van der Waals surface area contributed by atoms with E-state index in [4.69, 9.17) is 9.63 Å². The molecule has 184 valence electrons. The van der Waals surface area contributed by atoms with Crippen molar-refractivity contribution in [3.05, 3.63) is 41.1 Å². The van der Waals surface area contributed by atoms with Gasteiger partial charge in [0, 0.05) is 24.3 Å². The van der Waals surface area contributed by atoms with E-state index in [0.29, 0.717) is 18.2 Å². The molecule has 0 unspecified atom stereocenters. The highest BCUT2D eigenvalue weighted by Crippen LogP contribution is 2.35. The Morgan fingerprint density at radius 2 is 2.00 bits per heavy atom. The summed E-state index contributed by atoms with van der Waals surface area (Å²) in [5, 5.41) is 17.2. The predicted octanol–water partition coefficient (Wildman–Crippen LogP) is 4.40. The number of aryl methyl sites for hydroxylation is 1. The molecule has 34 heavy (non-hydrogen) atoms. The zero-order valence-electron chi connectivity index (χ0n) is 19.6. The van der Waals surface area contributed by atoms with E-state index < -0.39 is 17.7 Å². The molecule has 2 aromatic heterocycles. The lowest BCUT2D eigenvalue weighted by atomic mass is 10.0. The fourth-order valence-corrected chi connectivity index (χ4v) is 3.68. The van der Waals surface area contributed by atoms with Crippen LogP contribution >= 0.6 is 0 Å². The van der Waals surface area contributed by atoms with Gasteiger partial charge in [0.15, 0.2) is 5.69 Å². The van der Waals surface area contributed by atoms with Crippen LogP contribution in [0.1, 0.15) is 37.6 Å². The standard InChI is InChI=1S/C23H28F3N5O3/c1-5-31-17(10-14(2)3)12-19(28-31)22-27-21(29-34-22)16-7-6-15(18(11-16)23(24,25)26)8-9-30(4)13-20(32)33/h6-7,11-12,14H,5,8-10,13H2,1-4H3,(H,32,33). The maximum absolute atomic E-state index is 13.8. The second kappa shape index (κ2) is 10.4. The third kappa shape index (κ3) is 6.22. The number of alkyl halides is 3. The second-order valence-corrected chi connectivity index (χ2v) is 8.61. The van der Waals surface area contributed by atoms with E-state index in [0.717, 1.165) is 18.2 Å². The summed E-state index contributed by atoms with van der Waals surface area (Å²) >= 11 is 0. The average molecular weight is 480 g/mol. The van der Waals surface area contributed by atoms with Gasteiger partial charge in [-0.1, -0.05) is 31.1 Å². The molecule has 0 fully saturated rings. The average Bonchev–Trinajstić information content (AvgIpc) is 3.37. The number of hydrogen-bond donors (Lipinski definition) is 1. The summed E-state index contributed by atoms with van der Waals surface area (Å²) in [6.45, 7) is 6.76. The van der Waals surface area contributed by atoms with Gasteiger partial charge >= 0.3 is 12.1 Å². The Hall–Kier alpha value is -3.21. The molecule has 0 bridgehead atoms. The monoisotopic (exact) mass is 479 g/mol. The van der Waals surface area contributed by atoms with Gasteiger partial charge in [-0.05, 0) is 50.4 Å². The first-order valence-electron chi connectivity index (χ1n) is 11.0. The van der Waals surface area contributed by atoms with Crippen molar-refractivity contribution in [3.63, 3.8) is 0 Å². The molecule has 0 saturated carbocycles. The lowest BCUT2D eigenvalue weighted by Crippen LogP contribution is -2.28. The highest BCUT2D eigenvalue weighted by molar-refractivity contribution is 5.69. The first-order chi connectivity index (χ1) is 16.0. The number of benzene rings is 1. The molecule has 3 rings (SSSR count). The normalized spacial score (nSPS) is 12.1. The number of rotatable bonds is 10. The van der Waals surface area contributed by atoms with Crippen molar-refractivity contribution >= 4 is 5.97 Å². The summed E-state index contributed by atoms with van der Waals surface area (Å²) in [4.78, 5) is 16.5. The van der Waals surface area contributed by atoms with E-state index in [1.54, 1.807) is 7.05 Å². The molecule has 1 aromatic carbocycles. The van der Waals surface area contributed by atoms with E-state index in [9.17, 15) is 18.0 Å². The van der Waals surface area contributed by atoms with Gasteiger partial charge in [0.1, 0.15) is 0 Å². The van der Waals surface area contributed by atoms with Crippen molar-refractivity contribution in [1.29, 1.82) is 0 Å². The molecule has 1 N–H and O–H groups in total. The van der Waals surface area contributed by atoms with Gasteiger partial charge < -0.3 is 9.63 Å². The van der Waals surface area contributed by atoms with Crippen molar-refractivity contribution in [1.82, 2.24) is 24.8 Å². The van der Waals surface area contributed by atoms with E-state index in [2.05, 4.69) is 29.1 Å². The Kier molecular flexibility index (Phi) is 7.75. The Morgan fingerprint density at radius 3 is 2.62 bits per heavy atom. The Morgan fingerprint density at radius 1 is 1.26 bits per heavy atom. The number of aliphatic carboxylic acids is 1. The first kappa shape index (κ1) is 25.4. The van der Waals surface area contributed by atoms with Crippen LogP contribution in [-0.2, 0) is 30.4 Å². The first-order valence-corrected chi connectivity index (χ1v) is 11.0. The second-order valence-electron chi connectivity index (χ2n) is 8.61. The molecule has 3 aromatic rings. The minimum Gasteiger partial charge on any atom is -0.480 e. The lowest BCUT2D eigenvalue weighted by Gasteiger charge is -2.17. The van der Waals surface area contributed by atoms with Crippen LogP contribution in [0.3, 0.4) is 0 Å². The summed E-state index contributed by atoms with van der Waals surface area (Å²) in [7, 11) is 1.54. The fourth-order valence-electron chi connectivity index (χ4n) is 3.68. The minimum absolute atomic E-state index is 0.0338. The van der Waals surface area contributed by atoms with E-state index in [1.807, 2.05) is 17.7 Å². The summed E-state index contributed by atoms with van der Waals surface area (Å²) in [5.74, 6) is -0.440. The zero-order chi connectivity index (χ0) is 25.0. The molecule has 2 heterocycles. The van der Waals surface area contributed by atoms with Crippen molar-refractivity contribution in [2.24, 2.45) is 5.92 Å². The molecular formula is C23H28F3N5O3. The van der Waals surface area contributed by atoms with E-state index in [1.165, 1.54) is 17.0 Å². The van der Waals surface area contributed by atoms with Crippen LogP contribution in [0.15, 0.2) is 28.8 Å². The number of nitrogens with zero attached hydrogens (tertiary/aromatic N) is 5. The molecular weight excluding hydrogens is 451 g/mol. The van der Waals surface area contributed by atoms with Gasteiger partial charge in [0.05, 0.1) is 12.1 Å². The van der Waals surface area contributed by atoms with Crippen molar-refractivity contribution in [2.45, 2.75) is 46.3 Å². The minimum atomic E-state index is -4.59. The SMILES string of the molecule is CCn1nc(-c2nc(-c3ccc(CCN(C)CC(=O)O)c(C(F)(F)F)c3)no2)cc1CC(C)C. The number of halogens is 3. The summed E-state index contributed by atoms with van der Waals surface area (Å²) in [6.07, 6.45) is -3.72. The van der Waals surface area contributed by atoms with Crippen LogP contribution in [0.4, 0.5) is 13.2 Å². The van der Waals surface area contributed by atoms with Gasteiger partial charge in [0.2, 0.25) is 5.82 Å². The molecule has 0 radical (unpaired) electrons. The Bertz CT molecular complexity index is 1140. The van der Waals surface area contributed by atoms with Crippen LogP contribution < -0.4 is 0 Å². The third-order valence-corrected chi connectivity index (χ3v) is 5.27. The zero-order valence-corrected chi connectivity index (χ0v) is 19.6. The molecule has 11 heteroatoms. The molecule has 0 aliphatic carbocycles. The van der Waals surface area contributed by atoms with Crippen LogP contribution in [-0.4, -0.2) is 56.0 Å². The maximum atomic E-state index is 13.8. The van der Waals surface area contributed by atoms with Crippen molar-refractivity contribution < 1.29 is 27.6 Å². The molecule has 0 atom stereocenters. The van der Waals surface area contributed by atoms with Gasteiger partial charge in [-0.2, -0.15) is 23.3 Å². The van der Waals surface area contributed by atoms with Crippen LogP contribution in [0, 0.1) is 5.92 Å². The van der Waals surface area contributed by atoms with E-state index in [-0.39, 0.29) is 42.4 Å². The number of likely N-dealkylation sites (N-methyl/N-ethyl adjacent to an activating group) is 1. The van der Waals surface area contributed by atoms with Crippen LogP contribution in [0.25, 0.3) is 23.0 Å².